The summed E-state index contributed by atoms with van der Waals surface area (Å²) in [4.78, 5) is 20.6. The zero-order chi connectivity index (χ0) is 25.3. The molecular formula is C27H34FN3O4. The SMILES string of the molecule is CC1CC2C3CCC4=CC(=Nc5ccc(F)nc5)C(C=N)CC4(C)C3C(O)CC2(C)C1(O)C(=O)O. The summed E-state index contributed by atoms with van der Waals surface area (Å²) in [6.07, 6.45) is 7.15. The molecule has 0 radical (unpaired) electrons. The first-order valence-electron chi connectivity index (χ1n) is 12.5. The van der Waals surface area contributed by atoms with Crippen LogP contribution in [-0.4, -0.2) is 49.9 Å². The van der Waals surface area contributed by atoms with Gasteiger partial charge in [-0.05, 0) is 79.4 Å². The van der Waals surface area contributed by atoms with E-state index >= 15 is 0 Å². The maximum absolute atomic E-state index is 13.2. The van der Waals surface area contributed by atoms with Crippen molar-refractivity contribution in [2.75, 3.05) is 0 Å². The van der Waals surface area contributed by atoms with Crippen molar-refractivity contribution < 1.29 is 24.5 Å². The Morgan fingerprint density at radius 2 is 2.06 bits per heavy atom. The monoisotopic (exact) mass is 483 g/mol. The van der Waals surface area contributed by atoms with Gasteiger partial charge in [0.25, 0.3) is 0 Å². The van der Waals surface area contributed by atoms with E-state index in [-0.39, 0.29) is 35.5 Å². The van der Waals surface area contributed by atoms with Crippen LogP contribution in [0.4, 0.5) is 10.1 Å². The second kappa shape index (κ2) is 8.03. The molecule has 0 aliphatic heterocycles. The van der Waals surface area contributed by atoms with E-state index in [1.807, 2.05) is 19.9 Å². The number of nitrogens with one attached hydrogen (secondary N) is 1. The first-order valence-corrected chi connectivity index (χ1v) is 12.5. The van der Waals surface area contributed by atoms with E-state index in [1.165, 1.54) is 24.1 Å². The van der Waals surface area contributed by atoms with Gasteiger partial charge in [-0.15, -0.1) is 0 Å². The number of aliphatic imine (C=N–C) groups is 1. The van der Waals surface area contributed by atoms with Gasteiger partial charge in [-0.3, -0.25) is 4.99 Å². The van der Waals surface area contributed by atoms with Gasteiger partial charge in [0.05, 0.1) is 18.0 Å². The summed E-state index contributed by atoms with van der Waals surface area (Å²) in [5.41, 5.74) is -0.651. The summed E-state index contributed by atoms with van der Waals surface area (Å²) in [7, 11) is 0. The summed E-state index contributed by atoms with van der Waals surface area (Å²) in [6.45, 7) is 5.83. The number of halogens is 1. The number of aliphatic hydroxyl groups is 2. The topological polar surface area (TPSA) is 127 Å². The minimum absolute atomic E-state index is 0.00385. The lowest BCUT2D eigenvalue weighted by Gasteiger charge is -2.60. The molecule has 4 N–H and O–H groups in total. The minimum Gasteiger partial charge on any atom is -0.479 e. The highest BCUT2D eigenvalue weighted by molar-refractivity contribution is 6.07. The minimum atomic E-state index is -1.85. The van der Waals surface area contributed by atoms with E-state index in [4.69, 9.17) is 5.41 Å². The van der Waals surface area contributed by atoms with Gasteiger partial charge in [-0.25, -0.2) is 9.78 Å². The second-order valence-electron chi connectivity index (χ2n) is 11.7. The van der Waals surface area contributed by atoms with Crippen molar-refractivity contribution in [3.05, 3.63) is 35.9 Å². The fourth-order valence-electron chi connectivity index (χ4n) is 8.46. The maximum atomic E-state index is 13.2. The van der Waals surface area contributed by atoms with Gasteiger partial charge >= 0.3 is 5.97 Å². The average Bonchev–Trinajstić information content (AvgIpc) is 3.01. The van der Waals surface area contributed by atoms with Gasteiger partial charge in [-0.2, -0.15) is 4.39 Å². The summed E-state index contributed by atoms with van der Waals surface area (Å²) in [6, 6.07) is 2.83. The number of aliphatic hydroxyl groups excluding tert-OH is 1. The van der Waals surface area contributed by atoms with Crippen LogP contribution in [0.15, 0.2) is 35.0 Å². The lowest BCUT2D eigenvalue weighted by molar-refractivity contribution is -0.199. The molecule has 5 rings (SSSR count). The van der Waals surface area contributed by atoms with Crippen LogP contribution in [0.2, 0.25) is 0 Å². The zero-order valence-electron chi connectivity index (χ0n) is 20.4. The van der Waals surface area contributed by atoms with Gasteiger partial charge in [0.15, 0.2) is 5.60 Å². The molecule has 0 aromatic carbocycles. The Hall–Kier alpha value is -2.45. The van der Waals surface area contributed by atoms with Crippen molar-refractivity contribution in [1.82, 2.24) is 4.98 Å². The van der Waals surface area contributed by atoms with Crippen molar-refractivity contribution in [2.45, 2.75) is 64.6 Å². The van der Waals surface area contributed by atoms with Crippen LogP contribution in [0.25, 0.3) is 0 Å². The molecule has 0 spiro atoms. The number of aliphatic carboxylic acids is 1. The third-order valence-corrected chi connectivity index (χ3v) is 10.1. The van der Waals surface area contributed by atoms with E-state index in [0.717, 1.165) is 18.6 Å². The smallest absolute Gasteiger partial charge is 0.336 e. The number of carboxylic acids is 1. The quantitative estimate of drug-likeness (QED) is 0.379. The number of carbonyl (C=O) groups is 1. The number of allylic oxidation sites excluding steroid dienone is 2. The Bertz CT molecular complexity index is 1120. The highest BCUT2D eigenvalue weighted by atomic mass is 19.1. The molecule has 35 heavy (non-hydrogen) atoms. The van der Waals surface area contributed by atoms with Gasteiger partial charge in [-0.1, -0.05) is 26.3 Å². The highest BCUT2D eigenvalue weighted by Gasteiger charge is 2.71. The molecule has 0 saturated heterocycles. The van der Waals surface area contributed by atoms with Crippen LogP contribution in [0.1, 0.15) is 52.9 Å². The molecule has 4 aliphatic rings. The van der Waals surface area contributed by atoms with E-state index < -0.39 is 35.0 Å². The Morgan fingerprint density at radius 3 is 2.69 bits per heavy atom. The molecule has 1 aromatic heterocycles. The molecule has 4 aliphatic carbocycles. The molecule has 0 amide bonds. The third kappa shape index (κ3) is 3.29. The predicted molar refractivity (Wildman–Crippen MR) is 129 cm³/mol. The van der Waals surface area contributed by atoms with Crippen molar-refractivity contribution in [1.29, 1.82) is 5.41 Å². The standard InChI is InChI=1S/C27H34FN3O4/c1-14-8-19-18-6-4-16-9-20(31-17-5-7-22(28)30-13-17)15(12-29)10-25(16,2)23(18)21(32)11-26(19,3)27(14,35)24(33)34/h5,7,9,12-15,18-19,21,23,29,32,35H,4,6,8,10-11H2,1-3H3,(H,33,34). The Balaban J connectivity index is 1.53. The molecule has 8 heteroatoms. The second-order valence-corrected chi connectivity index (χ2v) is 11.7. The van der Waals surface area contributed by atoms with Gasteiger partial charge in [0.1, 0.15) is 0 Å². The van der Waals surface area contributed by atoms with Crippen molar-refractivity contribution in [3.8, 4) is 0 Å². The molecule has 7 nitrogen and oxygen atoms in total. The van der Waals surface area contributed by atoms with Gasteiger partial charge < -0.3 is 20.7 Å². The lowest BCUT2D eigenvalue weighted by atomic mass is 9.45. The maximum Gasteiger partial charge on any atom is 0.336 e. The van der Waals surface area contributed by atoms with Crippen LogP contribution < -0.4 is 0 Å². The van der Waals surface area contributed by atoms with Crippen LogP contribution in [0.5, 0.6) is 0 Å². The molecule has 0 bridgehead atoms. The molecule has 1 heterocycles. The highest BCUT2D eigenvalue weighted by Crippen LogP contribution is 2.68. The molecular weight excluding hydrogens is 449 g/mol. The Morgan fingerprint density at radius 1 is 1.31 bits per heavy atom. The van der Waals surface area contributed by atoms with Crippen molar-refractivity contribution >= 4 is 23.6 Å². The summed E-state index contributed by atoms with van der Waals surface area (Å²) < 4.78 is 13.2. The van der Waals surface area contributed by atoms with E-state index in [0.29, 0.717) is 18.5 Å². The fourth-order valence-corrected chi connectivity index (χ4v) is 8.46. The van der Waals surface area contributed by atoms with E-state index in [1.54, 1.807) is 6.07 Å². The number of pyridine rings is 1. The normalized spacial score (nSPS) is 45.8. The Labute approximate surface area is 204 Å². The van der Waals surface area contributed by atoms with Crippen molar-refractivity contribution in [2.24, 2.45) is 45.4 Å². The number of rotatable bonds is 3. The molecule has 3 fully saturated rings. The van der Waals surface area contributed by atoms with Crippen LogP contribution >= 0.6 is 0 Å². The Kier molecular flexibility index (Phi) is 5.57. The number of nitrogens with zero attached hydrogens (tertiary/aromatic N) is 2. The molecule has 1 aromatic rings. The van der Waals surface area contributed by atoms with Crippen LogP contribution in [-0.2, 0) is 4.79 Å². The largest absolute Gasteiger partial charge is 0.479 e. The van der Waals surface area contributed by atoms with Crippen molar-refractivity contribution in [3.63, 3.8) is 0 Å². The third-order valence-electron chi connectivity index (χ3n) is 10.1. The number of hydrogen-bond donors (Lipinski definition) is 4. The lowest BCUT2D eigenvalue weighted by Crippen LogP contribution is -2.62. The van der Waals surface area contributed by atoms with E-state index in [2.05, 4.69) is 16.9 Å². The van der Waals surface area contributed by atoms with Crippen LogP contribution in [0, 0.1) is 51.8 Å². The molecule has 9 unspecified atom stereocenters. The molecule has 3 saturated carbocycles. The first kappa shape index (κ1) is 24.3. The zero-order valence-corrected chi connectivity index (χ0v) is 20.4. The number of hydrogen-bond acceptors (Lipinski definition) is 6. The summed E-state index contributed by atoms with van der Waals surface area (Å²) in [5, 5.41) is 41.0. The first-order chi connectivity index (χ1) is 16.5. The van der Waals surface area contributed by atoms with Crippen LogP contribution in [0.3, 0.4) is 0 Å². The molecule has 9 atom stereocenters. The number of aromatic nitrogens is 1. The fraction of sp³-hybridized carbons (Fsp3) is 0.630. The summed E-state index contributed by atoms with van der Waals surface area (Å²) in [5.74, 6) is -2.40. The number of fused-ring (bicyclic) bond motifs is 5. The number of carboxylic acid groups (broad SMARTS) is 1. The van der Waals surface area contributed by atoms with Gasteiger partial charge in [0, 0.05) is 23.3 Å². The average molecular weight is 484 g/mol. The predicted octanol–water partition coefficient (Wildman–Crippen LogP) is 4.16. The van der Waals surface area contributed by atoms with E-state index in [9.17, 15) is 24.5 Å². The molecule has 188 valence electrons. The van der Waals surface area contributed by atoms with Gasteiger partial charge in [0.2, 0.25) is 5.95 Å². The summed E-state index contributed by atoms with van der Waals surface area (Å²) >= 11 is 0.